The Balaban J connectivity index is 2.09. The normalized spacial score (nSPS) is 12.4. The molecule has 24 heavy (non-hydrogen) atoms. The Morgan fingerprint density at radius 3 is 2.58 bits per heavy atom. The molecular formula is C18H30N4O2. The number of carbonyl (C=O) groups excluding carboxylic acids is 1. The summed E-state index contributed by atoms with van der Waals surface area (Å²) >= 11 is 0. The van der Waals surface area contributed by atoms with Crippen molar-refractivity contribution in [2.45, 2.75) is 39.2 Å². The van der Waals surface area contributed by atoms with E-state index in [0.717, 1.165) is 25.1 Å². The van der Waals surface area contributed by atoms with Crippen molar-refractivity contribution in [2.24, 2.45) is 4.99 Å². The van der Waals surface area contributed by atoms with E-state index in [-0.39, 0.29) is 11.9 Å². The first kappa shape index (κ1) is 19.8. The van der Waals surface area contributed by atoms with Crippen LogP contribution >= 0.6 is 0 Å². The van der Waals surface area contributed by atoms with Crippen LogP contribution in [0.4, 0.5) is 0 Å². The molecule has 0 radical (unpaired) electrons. The van der Waals surface area contributed by atoms with E-state index in [4.69, 9.17) is 4.74 Å². The van der Waals surface area contributed by atoms with Crippen LogP contribution in [0.3, 0.4) is 0 Å². The number of hydrogen-bond acceptors (Lipinski definition) is 3. The summed E-state index contributed by atoms with van der Waals surface area (Å²) in [5.41, 5.74) is 0. The first-order valence-corrected chi connectivity index (χ1v) is 8.57. The van der Waals surface area contributed by atoms with Gasteiger partial charge in [0.1, 0.15) is 5.75 Å². The molecule has 0 aliphatic rings. The molecule has 0 saturated carbocycles. The molecule has 6 heteroatoms. The van der Waals surface area contributed by atoms with Gasteiger partial charge in [-0.05, 0) is 31.9 Å². The highest BCUT2D eigenvalue weighted by Crippen LogP contribution is 2.07. The van der Waals surface area contributed by atoms with Gasteiger partial charge in [0, 0.05) is 32.6 Å². The van der Waals surface area contributed by atoms with E-state index in [1.807, 2.05) is 37.3 Å². The Hall–Kier alpha value is -2.24. The largest absolute Gasteiger partial charge is 0.494 e. The van der Waals surface area contributed by atoms with Crippen LogP contribution in [0, 0.1) is 0 Å². The Bertz CT molecular complexity index is 491. The second-order valence-electron chi connectivity index (χ2n) is 5.57. The first-order valence-electron chi connectivity index (χ1n) is 8.57. The van der Waals surface area contributed by atoms with Gasteiger partial charge in [0.2, 0.25) is 5.91 Å². The molecule has 1 rings (SSSR count). The van der Waals surface area contributed by atoms with Gasteiger partial charge >= 0.3 is 0 Å². The van der Waals surface area contributed by atoms with Gasteiger partial charge in [-0.3, -0.25) is 9.79 Å². The predicted molar refractivity (Wildman–Crippen MR) is 98.4 cm³/mol. The molecule has 0 saturated heterocycles. The lowest BCUT2D eigenvalue weighted by Crippen LogP contribution is -2.40. The Kier molecular flexibility index (Phi) is 10.1. The lowest BCUT2D eigenvalue weighted by atomic mass is 10.2. The maximum atomic E-state index is 11.7. The fourth-order valence-electron chi connectivity index (χ4n) is 1.95. The minimum Gasteiger partial charge on any atom is -0.494 e. The maximum Gasteiger partial charge on any atom is 0.221 e. The van der Waals surface area contributed by atoms with E-state index >= 15 is 0 Å². The number of nitrogens with one attached hydrogen (secondary N) is 3. The van der Waals surface area contributed by atoms with Crippen LogP contribution in [-0.4, -0.2) is 44.7 Å². The summed E-state index contributed by atoms with van der Waals surface area (Å²) in [6, 6.07) is 9.98. The minimum absolute atomic E-state index is 0.0589. The molecule has 0 bridgehead atoms. The van der Waals surface area contributed by atoms with Gasteiger partial charge in [-0.2, -0.15) is 0 Å². The fourth-order valence-corrected chi connectivity index (χ4v) is 1.95. The zero-order valence-electron chi connectivity index (χ0n) is 15.0. The Morgan fingerprint density at radius 2 is 1.92 bits per heavy atom. The molecule has 3 N–H and O–H groups in total. The predicted octanol–water partition coefficient (Wildman–Crippen LogP) is 1.93. The summed E-state index contributed by atoms with van der Waals surface area (Å²) in [7, 11) is 1.72. The molecule has 1 unspecified atom stereocenters. The first-order chi connectivity index (χ1) is 11.7. The number of rotatable bonds is 10. The SMILES string of the molecule is CCC(C)NC(=O)CCNC(=NC)NCCCOc1ccccc1. The summed E-state index contributed by atoms with van der Waals surface area (Å²) < 4.78 is 5.63. The van der Waals surface area contributed by atoms with Crippen LogP contribution in [0.1, 0.15) is 33.1 Å². The number of amides is 1. The molecule has 0 aromatic heterocycles. The van der Waals surface area contributed by atoms with Crippen LogP contribution < -0.4 is 20.7 Å². The molecular weight excluding hydrogens is 304 g/mol. The van der Waals surface area contributed by atoms with E-state index in [2.05, 4.69) is 27.9 Å². The molecule has 1 aromatic rings. The number of guanidine groups is 1. The molecule has 1 amide bonds. The second-order valence-corrected chi connectivity index (χ2v) is 5.57. The van der Waals surface area contributed by atoms with Crippen LogP contribution in [-0.2, 0) is 4.79 Å². The zero-order valence-corrected chi connectivity index (χ0v) is 15.0. The molecule has 0 aliphatic heterocycles. The van der Waals surface area contributed by atoms with Crippen molar-refractivity contribution in [1.29, 1.82) is 0 Å². The zero-order chi connectivity index (χ0) is 17.6. The Morgan fingerprint density at radius 1 is 1.21 bits per heavy atom. The third-order valence-corrected chi connectivity index (χ3v) is 3.51. The highest BCUT2D eigenvalue weighted by Gasteiger charge is 2.05. The van der Waals surface area contributed by atoms with Gasteiger partial charge in [0.05, 0.1) is 6.61 Å². The summed E-state index contributed by atoms with van der Waals surface area (Å²) in [6.45, 7) is 6.01. The third-order valence-electron chi connectivity index (χ3n) is 3.51. The molecule has 6 nitrogen and oxygen atoms in total. The number of benzene rings is 1. The van der Waals surface area contributed by atoms with Crippen LogP contribution in [0.5, 0.6) is 5.75 Å². The number of aliphatic imine (C=N–C) groups is 1. The molecule has 0 heterocycles. The number of hydrogen-bond donors (Lipinski definition) is 3. The topological polar surface area (TPSA) is 74.8 Å². The van der Waals surface area contributed by atoms with Crippen molar-refractivity contribution in [2.75, 3.05) is 26.7 Å². The summed E-state index contributed by atoms with van der Waals surface area (Å²) in [5, 5.41) is 9.29. The van der Waals surface area contributed by atoms with Gasteiger partial charge in [-0.25, -0.2) is 0 Å². The van der Waals surface area contributed by atoms with Crippen LogP contribution in [0.25, 0.3) is 0 Å². The van der Waals surface area contributed by atoms with E-state index in [1.54, 1.807) is 7.05 Å². The van der Waals surface area contributed by atoms with E-state index < -0.39 is 0 Å². The monoisotopic (exact) mass is 334 g/mol. The highest BCUT2D eigenvalue weighted by atomic mass is 16.5. The summed E-state index contributed by atoms with van der Waals surface area (Å²) in [4.78, 5) is 15.8. The second kappa shape index (κ2) is 12.2. The maximum absolute atomic E-state index is 11.7. The fraction of sp³-hybridized carbons (Fsp3) is 0.556. The molecule has 0 aliphatic carbocycles. The number of ether oxygens (including phenoxy) is 1. The van der Waals surface area contributed by atoms with Crippen molar-refractivity contribution in [3.63, 3.8) is 0 Å². The molecule has 134 valence electrons. The lowest BCUT2D eigenvalue weighted by molar-refractivity contribution is -0.121. The molecule has 0 fully saturated rings. The quantitative estimate of drug-likeness (QED) is 0.347. The van der Waals surface area contributed by atoms with Crippen molar-refractivity contribution in [1.82, 2.24) is 16.0 Å². The Labute approximate surface area is 145 Å². The average Bonchev–Trinajstić information content (AvgIpc) is 2.60. The average molecular weight is 334 g/mol. The molecule has 1 atom stereocenters. The van der Waals surface area contributed by atoms with E-state index in [0.29, 0.717) is 25.5 Å². The highest BCUT2D eigenvalue weighted by molar-refractivity contribution is 5.81. The van der Waals surface area contributed by atoms with Gasteiger partial charge in [0.15, 0.2) is 5.96 Å². The number of carbonyl (C=O) groups is 1. The molecule has 0 spiro atoms. The van der Waals surface area contributed by atoms with Crippen molar-refractivity contribution >= 4 is 11.9 Å². The molecule has 1 aromatic carbocycles. The number of para-hydroxylation sites is 1. The summed E-state index contributed by atoms with van der Waals surface area (Å²) in [5.74, 6) is 1.64. The lowest BCUT2D eigenvalue weighted by Gasteiger charge is -2.14. The third kappa shape index (κ3) is 9.02. The van der Waals surface area contributed by atoms with Gasteiger partial charge in [-0.15, -0.1) is 0 Å². The number of nitrogens with zero attached hydrogens (tertiary/aromatic N) is 1. The smallest absolute Gasteiger partial charge is 0.221 e. The van der Waals surface area contributed by atoms with Crippen LogP contribution in [0.2, 0.25) is 0 Å². The van der Waals surface area contributed by atoms with Crippen LogP contribution in [0.15, 0.2) is 35.3 Å². The van der Waals surface area contributed by atoms with Crippen molar-refractivity contribution in [3.8, 4) is 5.75 Å². The van der Waals surface area contributed by atoms with Crippen molar-refractivity contribution in [3.05, 3.63) is 30.3 Å². The van der Waals surface area contributed by atoms with E-state index in [9.17, 15) is 4.79 Å². The minimum atomic E-state index is 0.0589. The summed E-state index contributed by atoms with van der Waals surface area (Å²) in [6.07, 6.45) is 2.24. The van der Waals surface area contributed by atoms with E-state index in [1.165, 1.54) is 0 Å². The van der Waals surface area contributed by atoms with Gasteiger partial charge in [-0.1, -0.05) is 25.1 Å². The van der Waals surface area contributed by atoms with Crippen molar-refractivity contribution < 1.29 is 9.53 Å². The van der Waals surface area contributed by atoms with Gasteiger partial charge in [0.25, 0.3) is 0 Å². The van der Waals surface area contributed by atoms with Gasteiger partial charge < -0.3 is 20.7 Å². The standard InChI is InChI=1S/C18H30N4O2/c1-4-15(2)22-17(23)11-13-21-18(19-3)20-12-8-14-24-16-9-6-5-7-10-16/h5-7,9-10,15H,4,8,11-14H2,1-3H3,(H,22,23)(H2,19,20,21).